The largest absolute Gasteiger partial charge is 0.467 e. The second-order valence-corrected chi connectivity index (χ2v) is 3.77. The number of aryl methyl sites for hydroxylation is 2. The van der Waals surface area contributed by atoms with Gasteiger partial charge in [-0.15, -0.1) is 0 Å². The molecule has 0 aromatic heterocycles. The molecule has 0 atom stereocenters. The van der Waals surface area contributed by atoms with Crippen LogP contribution in [0.1, 0.15) is 11.1 Å². The second-order valence-electron chi connectivity index (χ2n) is 2.92. The quantitative estimate of drug-likeness (QED) is 0.762. The number of hydrogen-bond acceptors (Lipinski definition) is 2. The van der Waals surface area contributed by atoms with E-state index in [2.05, 4.69) is 15.9 Å². The Morgan fingerprint density at radius 3 is 2.54 bits per heavy atom. The first-order valence-corrected chi connectivity index (χ1v) is 4.83. The first-order chi connectivity index (χ1) is 6.15. The third-order valence-electron chi connectivity index (χ3n) is 1.79. The van der Waals surface area contributed by atoms with Gasteiger partial charge in [0.15, 0.2) is 6.79 Å². The van der Waals surface area contributed by atoms with Crippen molar-refractivity contribution < 1.29 is 9.47 Å². The van der Waals surface area contributed by atoms with E-state index in [1.54, 1.807) is 7.11 Å². The zero-order valence-electron chi connectivity index (χ0n) is 8.06. The minimum atomic E-state index is 0.294. The van der Waals surface area contributed by atoms with E-state index < -0.39 is 0 Å². The summed E-state index contributed by atoms with van der Waals surface area (Å²) in [4.78, 5) is 0. The first-order valence-electron chi connectivity index (χ1n) is 4.03. The predicted octanol–water partition coefficient (Wildman–Crippen LogP) is 3.05. The molecule has 1 aromatic carbocycles. The van der Waals surface area contributed by atoms with E-state index in [0.717, 1.165) is 21.3 Å². The number of ether oxygens (including phenoxy) is 2. The van der Waals surface area contributed by atoms with Gasteiger partial charge in [0.1, 0.15) is 5.75 Å². The molecular formula is C10H13BrO2. The van der Waals surface area contributed by atoms with Crippen LogP contribution in [0.5, 0.6) is 5.75 Å². The fraction of sp³-hybridized carbons (Fsp3) is 0.400. The maximum atomic E-state index is 5.38. The van der Waals surface area contributed by atoms with Crippen molar-refractivity contribution in [2.75, 3.05) is 13.9 Å². The van der Waals surface area contributed by atoms with Crippen molar-refractivity contribution in [3.8, 4) is 5.75 Å². The Morgan fingerprint density at radius 2 is 1.92 bits per heavy atom. The van der Waals surface area contributed by atoms with E-state index in [1.807, 2.05) is 26.0 Å². The van der Waals surface area contributed by atoms with Crippen LogP contribution in [0.15, 0.2) is 16.6 Å². The van der Waals surface area contributed by atoms with Gasteiger partial charge in [0.25, 0.3) is 0 Å². The van der Waals surface area contributed by atoms with Gasteiger partial charge in [0.05, 0.1) is 0 Å². The average molecular weight is 245 g/mol. The lowest BCUT2D eigenvalue weighted by Gasteiger charge is -2.09. The van der Waals surface area contributed by atoms with E-state index >= 15 is 0 Å². The minimum absolute atomic E-state index is 0.294. The van der Waals surface area contributed by atoms with Gasteiger partial charge in [0, 0.05) is 11.6 Å². The van der Waals surface area contributed by atoms with E-state index in [9.17, 15) is 0 Å². The van der Waals surface area contributed by atoms with Crippen LogP contribution in [-0.2, 0) is 4.74 Å². The minimum Gasteiger partial charge on any atom is -0.467 e. The number of rotatable bonds is 3. The average Bonchev–Trinajstić information content (AvgIpc) is 2.09. The molecule has 0 heterocycles. The van der Waals surface area contributed by atoms with Crippen molar-refractivity contribution in [2.24, 2.45) is 0 Å². The fourth-order valence-electron chi connectivity index (χ4n) is 1.03. The molecule has 0 amide bonds. The summed E-state index contributed by atoms with van der Waals surface area (Å²) >= 11 is 3.46. The summed E-state index contributed by atoms with van der Waals surface area (Å²) in [6.07, 6.45) is 0. The molecule has 0 aliphatic carbocycles. The molecule has 0 N–H and O–H groups in total. The predicted molar refractivity (Wildman–Crippen MR) is 56.1 cm³/mol. The van der Waals surface area contributed by atoms with Gasteiger partial charge in [-0.25, -0.2) is 0 Å². The normalized spacial score (nSPS) is 10.2. The van der Waals surface area contributed by atoms with Crippen molar-refractivity contribution >= 4 is 15.9 Å². The lowest BCUT2D eigenvalue weighted by molar-refractivity contribution is 0.0506. The summed E-state index contributed by atoms with van der Waals surface area (Å²) in [6, 6.07) is 4.04. The van der Waals surface area contributed by atoms with Gasteiger partial charge >= 0.3 is 0 Å². The first kappa shape index (κ1) is 10.5. The maximum Gasteiger partial charge on any atom is 0.188 e. The standard InChI is InChI=1S/C10H13BrO2/c1-7-5-10(13-6-12-3)8(2)4-9(7)11/h4-5H,6H2,1-3H3. The summed E-state index contributed by atoms with van der Waals surface area (Å²) in [6.45, 7) is 4.33. The van der Waals surface area contributed by atoms with Crippen LogP contribution in [0.3, 0.4) is 0 Å². The monoisotopic (exact) mass is 244 g/mol. The van der Waals surface area contributed by atoms with Crippen molar-refractivity contribution in [3.63, 3.8) is 0 Å². The molecule has 0 unspecified atom stereocenters. The number of halogens is 1. The van der Waals surface area contributed by atoms with Crippen molar-refractivity contribution in [3.05, 3.63) is 27.7 Å². The van der Waals surface area contributed by atoms with Crippen LogP contribution in [0.2, 0.25) is 0 Å². The summed E-state index contributed by atoms with van der Waals surface area (Å²) in [5, 5.41) is 0. The molecule has 2 nitrogen and oxygen atoms in total. The lowest BCUT2D eigenvalue weighted by Crippen LogP contribution is -2.00. The number of hydrogen-bond donors (Lipinski definition) is 0. The van der Waals surface area contributed by atoms with E-state index in [4.69, 9.17) is 9.47 Å². The molecule has 0 aliphatic heterocycles. The zero-order valence-corrected chi connectivity index (χ0v) is 9.64. The van der Waals surface area contributed by atoms with E-state index in [0.29, 0.717) is 6.79 Å². The zero-order chi connectivity index (χ0) is 9.84. The molecule has 0 bridgehead atoms. The number of benzene rings is 1. The molecule has 3 heteroatoms. The Labute approximate surface area is 87.0 Å². The SMILES string of the molecule is COCOc1cc(C)c(Br)cc1C. The van der Waals surface area contributed by atoms with Crippen LogP contribution >= 0.6 is 15.9 Å². The lowest BCUT2D eigenvalue weighted by atomic mass is 10.1. The highest BCUT2D eigenvalue weighted by atomic mass is 79.9. The molecule has 0 spiro atoms. The molecule has 0 saturated carbocycles. The molecule has 1 rings (SSSR count). The Bertz CT molecular complexity index is 297. The molecule has 0 fully saturated rings. The van der Waals surface area contributed by atoms with Gasteiger partial charge < -0.3 is 9.47 Å². The summed E-state index contributed by atoms with van der Waals surface area (Å²) in [5.41, 5.74) is 2.27. The molecular weight excluding hydrogens is 232 g/mol. The van der Waals surface area contributed by atoms with Gasteiger partial charge in [-0.2, -0.15) is 0 Å². The Morgan fingerprint density at radius 1 is 1.23 bits per heavy atom. The molecule has 1 aromatic rings. The molecule has 0 aliphatic rings. The maximum absolute atomic E-state index is 5.38. The molecule has 72 valence electrons. The van der Waals surface area contributed by atoms with Gasteiger partial charge in [-0.05, 0) is 37.1 Å². The van der Waals surface area contributed by atoms with Crippen LogP contribution in [0.4, 0.5) is 0 Å². The smallest absolute Gasteiger partial charge is 0.188 e. The molecule has 0 radical (unpaired) electrons. The Hall–Kier alpha value is -0.540. The molecule has 13 heavy (non-hydrogen) atoms. The fourth-order valence-corrected chi connectivity index (χ4v) is 1.49. The summed E-state index contributed by atoms with van der Waals surface area (Å²) in [5.74, 6) is 0.877. The van der Waals surface area contributed by atoms with E-state index in [-0.39, 0.29) is 0 Å². The highest BCUT2D eigenvalue weighted by molar-refractivity contribution is 9.10. The summed E-state index contributed by atoms with van der Waals surface area (Å²) < 4.78 is 11.3. The highest BCUT2D eigenvalue weighted by Crippen LogP contribution is 2.26. The van der Waals surface area contributed by atoms with Crippen molar-refractivity contribution in [1.29, 1.82) is 0 Å². The molecule has 0 saturated heterocycles. The number of methoxy groups -OCH3 is 1. The van der Waals surface area contributed by atoms with Gasteiger partial charge in [-0.3, -0.25) is 0 Å². The van der Waals surface area contributed by atoms with Gasteiger partial charge in [0.2, 0.25) is 0 Å². The van der Waals surface area contributed by atoms with Crippen LogP contribution in [0.25, 0.3) is 0 Å². The van der Waals surface area contributed by atoms with Crippen LogP contribution in [-0.4, -0.2) is 13.9 Å². The second kappa shape index (κ2) is 4.63. The van der Waals surface area contributed by atoms with E-state index in [1.165, 1.54) is 0 Å². The Balaban J connectivity index is 2.88. The van der Waals surface area contributed by atoms with Crippen LogP contribution < -0.4 is 4.74 Å². The van der Waals surface area contributed by atoms with Crippen LogP contribution in [0, 0.1) is 13.8 Å². The topological polar surface area (TPSA) is 18.5 Å². The Kier molecular flexibility index (Phi) is 3.75. The van der Waals surface area contributed by atoms with Gasteiger partial charge in [-0.1, -0.05) is 15.9 Å². The summed E-state index contributed by atoms with van der Waals surface area (Å²) in [7, 11) is 1.61. The third kappa shape index (κ3) is 2.71. The van der Waals surface area contributed by atoms with Crippen molar-refractivity contribution in [1.82, 2.24) is 0 Å². The van der Waals surface area contributed by atoms with Crippen molar-refractivity contribution in [2.45, 2.75) is 13.8 Å². The third-order valence-corrected chi connectivity index (χ3v) is 2.64. The highest BCUT2D eigenvalue weighted by Gasteiger charge is 2.02.